The molecule has 10 heteroatoms. The fourth-order valence-electron chi connectivity index (χ4n) is 5.58. The molecule has 5 rings (SSSR count). The first-order chi connectivity index (χ1) is 17.3. The zero-order valence-corrected chi connectivity index (χ0v) is 21.3. The van der Waals surface area contributed by atoms with E-state index in [2.05, 4.69) is 15.6 Å². The van der Waals surface area contributed by atoms with Gasteiger partial charge in [0, 0.05) is 48.3 Å². The molecule has 3 aliphatic rings. The zero-order chi connectivity index (χ0) is 26.7. The predicted molar refractivity (Wildman–Crippen MR) is 132 cm³/mol. The summed E-state index contributed by atoms with van der Waals surface area (Å²) in [5, 5.41) is 14.6. The molecule has 2 aliphatic heterocycles. The van der Waals surface area contributed by atoms with Crippen LogP contribution in [-0.4, -0.2) is 38.8 Å². The summed E-state index contributed by atoms with van der Waals surface area (Å²) in [5.74, 6) is -2.74. The average Bonchev–Trinajstić information content (AvgIpc) is 3.57. The van der Waals surface area contributed by atoms with Crippen molar-refractivity contribution >= 4 is 17.8 Å². The molecule has 0 spiro atoms. The van der Waals surface area contributed by atoms with Crippen LogP contribution in [0.4, 0.5) is 8.78 Å². The summed E-state index contributed by atoms with van der Waals surface area (Å²) in [5.41, 5.74) is -0.300. The van der Waals surface area contributed by atoms with E-state index >= 15 is 0 Å². The zero-order valence-electron chi connectivity index (χ0n) is 21.3. The second-order valence-corrected chi connectivity index (χ2v) is 11.5. The number of hydrogen-bond acceptors (Lipinski definition) is 5. The van der Waals surface area contributed by atoms with Crippen LogP contribution in [0.3, 0.4) is 0 Å². The van der Waals surface area contributed by atoms with E-state index in [1.165, 1.54) is 11.0 Å². The molecular formula is C27H31F2N5O3. The van der Waals surface area contributed by atoms with Gasteiger partial charge in [-0.1, -0.05) is 6.07 Å². The van der Waals surface area contributed by atoms with Crippen LogP contribution in [0.15, 0.2) is 36.7 Å². The molecular weight excluding hydrogens is 480 g/mol. The van der Waals surface area contributed by atoms with Gasteiger partial charge in [0.1, 0.15) is 11.4 Å². The Morgan fingerprint density at radius 1 is 1.30 bits per heavy atom. The van der Waals surface area contributed by atoms with Gasteiger partial charge < -0.3 is 15.4 Å². The molecule has 3 N–H and O–H groups in total. The van der Waals surface area contributed by atoms with Crippen molar-refractivity contribution in [3.63, 3.8) is 0 Å². The lowest BCUT2D eigenvalue weighted by atomic mass is 9.89. The van der Waals surface area contributed by atoms with E-state index < -0.39 is 40.8 Å². The van der Waals surface area contributed by atoms with Gasteiger partial charge in [0.15, 0.2) is 17.5 Å². The quantitative estimate of drug-likeness (QED) is 0.563. The monoisotopic (exact) mass is 511 g/mol. The van der Waals surface area contributed by atoms with Gasteiger partial charge in [-0.15, -0.1) is 0 Å². The second-order valence-electron chi connectivity index (χ2n) is 11.5. The topological polar surface area (TPSA) is 107 Å². The first-order valence-electron chi connectivity index (χ1n) is 12.4. The molecule has 1 saturated heterocycles. The number of pyridine rings is 1. The van der Waals surface area contributed by atoms with E-state index in [0.717, 1.165) is 11.6 Å². The van der Waals surface area contributed by atoms with Gasteiger partial charge in [0.2, 0.25) is 11.8 Å². The van der Waals surface area contributed by atoms with Gasteiger partial charge in [0.05, 0.1) is 12.1 Å². The van der Waals surface area contributed by atoms with E-state index in [4.69, 9.17) is 10.1 Å². The number of benzene rings is 1. The van der Waals surface area contributed by atoms with Gasteiger partial charge in [-0.05, 0) is 57.7 Å². The number of guanidine groups is 1. The number of fused-ring (bicyclic) bond motifs is 1. The Kier molecular flexibility index (Phi) is 5.96. The highest BCUT2D eigenvalue weighted by molar-refractivity contribution is 5.99. The van der Waals surface area contributed by atoms with Crippen molar-refractivity contribution in [2.75, 3.05) is 0 Å². The molecule has 1 saturated carbocycles. The molecule has 0 bridgehead atoms. The van der Waals surface area contributed by atoms with E-state index in [-0.39, 0.29) is 41.4 Å². The molecule has 4 atom stereocenters. The first-order valence-corrected chi connectivity index (χ1v) is 12.4. The van der Waals surface area contributed by atoms with Crippen molar-refractivity contribution < 1.29 is 23.1 Å². The number of carbonyl (C=O) groups is 2. The highest BCUT2D eigenvalue weighted by Crippen LogP contribution is 2.51. The molecule has 1 aromatic carbocycles. The Morgan fingerprint density at radius 2 is 2.05 bits per heavy atom. The van der Waals surface area contributed by atoms with E-state index in [0.29, 0.717) is 12.8 Å². The molecule has 2 unspecified atom stereocenters. The minimum atomic E-state index is -0.805. The number of ether oxygens (including phenoxy) is 1. The molecule has 196 valence electrons. The molecule has 2 amide bonds. The third-order valence-electron chi connectivity index (χ3n) is 7.25. The number of carbonyl (C=O) groups excluding carboxylic acids is 2. The van der Waals surface area contributed by atoms with Crippen molar-refractivity contribution in [3.8, 4) is 5.75 Å². The Hall–Kier alpha value is -3.56. The van der Waals surface area contributed by atoms with Crippen molar-refractivity contribution in [1.29, 1.82) is 5.41 Å². The largest absolute Gasteiger partial charge is 0.484 e. The van der Waals surface area contributed by atoms with Crippen molar-refractivity contribution in [1.82, 2.24) is 20.5 Å². The van der Waals surface area contributed by atoms with Gasteiger partial charge in [-0.25, -0.2) is 8.78 Å². The lowest BCUT2D eigenvalue weighted by molar-refractivity contribution is -0.133. The standard InChI is InChI=1S/C27H31F2N5O3/c1-26(2)12-21(35)34(25(30)33-26)22(14-6-5-7-31-13-14)16-10-17(16)24(36)32-20-11-27(3,4)37-23-18(20)8-15(28)9-19(23)29/h5-9,13,16-17,20,22H,10-12H2,1-4H3,(H2,30,33)(H,32,36)/t16?,17-,20?,22-/m1/s1. The lowest BCUT2D eigenvalue weighted by Crippen LogP contribution is -2.60. The van der Waals surface area contributed by atoms with Gasteiger partial charge in [0.25, 0.3) is 0 Å². The van der Waals surface area contributed by atoms with Crippen LogP contribution in [-0.2, 0) is 9.59 Å². The van der Waals surface area contributed by atoms with Gasteiger partial charge in [-0.2, -0.15) is 0 Å². The van der Waals surface area contributed by atoms with Crippen molar-refractivity contribution in [2.45, 2.75) is 70.2 Å². The summed E-state index contributed by atoms with van der Waals surface area (Å²) in [7, 11) is 0. The summed E-state index contributed by atoms with van der Waals surface area (Å²) >= 11 is 0. The Labute approximate surface area is 214 Å². The normalized spacial score (nSPS) is 26.4. The third-order valence-corrected chi connectivity index (χ3v) is 7.25. The third kappa shape index (κ3) is 4.89. The molecule has 37 heavy (non-hydrogen) atoms. The first kappa shape index (κ1) is 25.1. The molecule has 1 aromatic heterocycles. The van der Waals surface area contributed by atoms with Crippen molar-refractivity contribution in [2.24, 2.45) is 11.8 Å². The minimum Gasteiger partial charge on any atom is -0.484 e. The number of rotatable bonds is 5. The number of nitrogens with one attached hydrogen (secondary N) is 3. The van der Waals surface area contributed by atoms with E-state index in [1.54, 1.807) is 32.3 Å². The SMILES string of the molecule is CC1(C)CC(=O)N([C@H](c2cccnc2)C2C[C@H]2C(=O)NC2CC(C)(C)Oc3c(F)cc(F)cc32)C(=N)N1. The fraction of sp³-hybridized carbons (Fsp3) is 0.481. The van der Waals surface area contributed by atoms with Crippen LogP contribution < -0.4 is 15.4 Å². The van der Waals surface area contributed by atoms with Crippen LogP contribution in [0, 0.1) is 28.9 Å². The maximum atomic E-state index is 14.5. The second kappa shape index (κ2) is 8.78. The summed E-state index contributed by atoms with van der Waals surface area (Å²) in [6.07, 6.45) is 4.34. The fourth-order valence-corrected chi connectivity index (χ4v) is 5.58. The average molecular weight is 512 g/mol. The molecule has 0 radical (unpaired) electrons. The smallest absolute Gasteiger partial charge is 0.232 e. The number of nitrogens with zero attached hydrogens (tertiary/aromatic N) is 2. The van der Waals surface area contributed by atoms with E-state index in [1.807, 2.05) is 19.9 Å². The Balaban J connectivity index is 1.39. The molecule has 1 aliphatic carbocycles. The number of aromatic nitrogens is 1. The number of halogens is 2. The lowest BCUT2D eigenvalue weighted by Gasteiger charge is -2.42. The summed E-state index contributed by atoms with van der Waals surface area (Å²) < 4.78 is 34.3. The van der Waals surface area contributed by atoms with Gasteiger partial charge >= 0.3 is 0 Å². The molecule has 2 aromatic rings. The van der Waals surface area contributed by atoms with Crippen LogP contribution in [0.2, 0.25) is 0 Å². The van der Waals surface area contributed by atoms with E-state index in [9.17, 15) is 18.4 Å². The van der Waals surface area contributed by atoms with Crippen LogP contribution in [0.25, 0.3) is 0 Å². The molecule has 8 nitrogen and oxygen atoms in total. The molecule has 2 fully saturated rings. The summed E-state index contributed by atoms with van der Waals surface area (Å²) in [6, 6.07) is 4.40. The van der Waals surface area contributed by atoms with Crippen LogP contribution in [0.5, 0.6) is 5.75 Å². The van der Waals surface area contributed by atoms with Crippen LogP contribution >= 0.6 is 0 Å². The minimum absolute atomic E-state index is 0.00721. The van der Waals surface area contributed by atoms with Crippen molar-refractivity contribution in [3.05, 3.63) is 59.4 Å². The number of hydrogen-bond donors (Lipinski definition) is 3. The highest BCUT2D eigenvalue weighted by atomic mass is 19.1. The Morgan fingerprint density at radius 3 is 2.73 bits per heavy atom. The maximum absolute atomic E-state index is 14.5. The summed E-state index contributed by atoms with van der Waals surface area (Å²) in [4.78, 5) is 32.2. The highest BCUT2D eigenvalue weighted by Gasteiger charge is 2.54. The molecule has 3 heterocycles. The predicted octanol–water partition coefficient (Wildman–Crippen LogP) is 3.99. The Bertz CT molecular complexity index is 1250. The van der Waals surface area contributed by atoms with Gasteiger partial charge in [-0.3, -0.25) is 24.9 Å². The maximum Gasteiger partial charge on any atom is 0.232 e. The van der Waals surface area contributed by atoms with Crippen LogP contribution in [0.1, 0.15) is 70.2 Å². The summed E-state index contributed by atoms with van der Waals surface area (Å²) in [6.45, 7) is 7.31. The number of amides is 2.